The van der Waals surface area contributed by atoms with E-state index in [1.165, 1.54) is 4.90 Å². The van der Waals surface area contributed by atoms with Crippen LogP contribution in [0.1, 0.15) is 36.3 Å². The van der Waals surface area contributed by atoms with E-state index < -0.39 is 17.7 Å². The summed E-state index contributed by atoms with van der Waals surface area (Å²) in [7, 11) is 0. The molecule has 1 aromatic heterocycles. The number of Topliss-reactive ketones (excluding diaryl/α,β-unsaturated/α-hetero) is 1. The SMILES string of the molecule is CCCOc1ccc(C(O)=C2C(=O)C(=O)N(c3cc(C)on3)[C@@H]2c2ccccc2)cc1. The number of aliphatic hydroxyl groups is 1. The van der Waals surface area contributed by atoms with Crippen LogP contribution in [0.25, 0.3) is 5.76 Å². The first kappa shape index (κ1) is 20.4. The van der Waals surface area contributed by atoms with Crippen molar-refractivity contribution in [3.63, 3.8) is 0 Å². The quantitative estimate of drug-likeness (QED) is 0.362. The summed E-state index contributed by atoms with van der Waals surface area (Å²) >= 11 is 0. The molecule has 31 heavy (non-hydrogen) atoms. The number of hydrogen-bond donors (Lipinski definition) is 1. The van der Waals surface area contributed by atoms with Gasteiger partial charge in [-0.15, -0.1) is 0 Å². The summed E-state index contributed by atoms with van der Waals surface area (Å²) in [4.78, 5) is 27.2. The van der Waals surface area contributed by atoms with Gasteiger partial charge >= 0.3 is 5.91 Å². The fourth-order valence-corrected chi connectivity index (χ4v) is 3.57. The minimum absolute atomic E-state index is 0.000852. The van der Waals surface area contributed by atoms with Crippen molar-refractivity contribution < 1.29 is 24.0 Å². The summed E-state index contributed by atoms with van der Waals surface area (Å²) < 4.78 is 10.7. The molecular weight excluding hydrogens is 396 g/mol. The summed E-state index contributed by atoms with van der Waals surface area (Å²) in [5, 5.41) is 15.0. The third kappa shape index (κ3) is 3.82. The van der Waals surface area contributed by atoms with Crippen LogP contribution < -0.4 is 9.64 Å². The van der Waals surface area contributed by atoms with Crippen molar-refractivity contribution in [2.24, 2.45) is 0 Å². The Bertz CT molecular complexity index is 1130. The maximum absolute atomic E-state index is 13.0. The van der Waals surface area contributed by atoms with Crippen molar-refractivity contribution in [1.29, 1.82) is 0 Å². The van der Waals surface area contributed by atoms with Crippen molar-refractivity contribution in [1.82, 2.24) is 5.16 Å². The number of aryl methyl sites for hydroxylation is 1. The zero-order valence-electron chi connectivity index (χ0n) is 17.2. The van der Waals surface area contributed by atoms with Gasteiger partial charge in [-0.1, -0.05) is 42.4 Å². The topological polar surface area (TPSA) is 92.9 Å². The third-order valence-electron chi connectivity index (χ3n) is 5.02. The van der Waals surface area contributed by atoms with Gasteiger partial charge in [-0.05, 0) is 43.2 Å². The second-order valence-corrected chi connectivity index (χ2v) is 7.25. The number of anilines is 1. The minimum Gasteiger partial charge on any atom is -0.507 e. The van der Waals surface area contributed by atoms with Crippen LogP contribution in [-0.2, 0) is 9.59 Å². The van der Waals surface area contributed by atoms with Crippen LogP contribution in [0.5, 0.6) is 5.75 Å². The molecule has 0 spiro atoms. The number of aromatic nitrogens is 1. The summed E-state index contributed by atoms with van der Waals surface area (Å²) in [6, 6.07) is 16.6. The molecule has 0 unspecified atom stereocenters. The van der Waals surface area contributed by atoms with Gasteiger partial charge in [0.1, 0.15) is 17.3 Å². The predicted molar refractivity (Wildman–Crippen MR) is 115 cm³/mol. The lowest BCUT2D eigenvalue weighted by molar-refractivity contribution is -0.132. The molecule has 158 valence electrons. The van der Waals surface area contributed by atoms with Gasteiger partial charge in [0.2, 0.25) is 0 Å². The molecule has 3 aromatic rings. The van der Waals surface area contributed by atoms with E-state index in [9.17, 15) is 14.7 Å². The van der Waals surface area contributed by atoms with Gasteiger partial charge in [0.25, 0.3) is 5.78 Å². The highest BCUT2D eigenvalue weighted by Gasteiger charge is 2.48. The van der Waals surface area contributed by atoms with Crippen LogP contribution >= 0.6 is 0 Å². The van der Waals surface area contributed by atoms with Gasteiger partial charge in [0.15, 0.2) is 5.82 Å². The molecule has 7 heteroatoms. The highest BCUT2D eigenvalue weighted by Crippen LogP contribution is 2.41. The lowest BCUT2D eigenvalue weighted by Gasteiger charge is -2.22. The average Bonchev–Trinajstić information content (AvgIpc) is 3.33. The molecule has 4 rings (SSSR count). The Morgan fingerprint density at radius 1 is 1.13 bits per heavy atom. The first-order valence-corrected chi connectivity index (χ1v) is 10.0. The van der Waals surface area contributed by atoms with Crippen LogP contribution in [0.15, 0.2) is 70.8 Å². The Kier molecular flexibility index (Phi) is 5.58. The Morgan fingerprint density at radius 2 is 1.84 bits per heavy atom. The summed E-state index contributed by atoms with van der Waals surface area (Å²) in [5.74, 6) is -0.416. The monoisotopic (exact) mass is 418 g/mol. The second kappa shape index (κ2) is 8.47. The standard InChI is InChI=1S/C24H22N2O5/c1-3-13-30-18-11-9-17(10-12-18)22(27)20-21(16-7-5-4-6-8-16)26(24(29)23(20)28)19-14-15(2)31-25-19/h4-12,14,21,27H,3,13H2,1-2H3/t21-/m1/s1. The molecule has 1 saturated heterocycles. The Labute approximate surface area is 179 Å². The van der Waals surface area contributed by atoms with Crippen LogP contribution in [0.3, 0.4) is 0 Å². The summed E-state index contributed by atoms with van der Waals surface area (Å²) in [6.07, 6.45) is 0.879. The average molecular weight is 418 g/mol. The first-order chi connectivity index (χ1) is 15.0. The molecule has 2 aromatic carbocycles. The molecule has 0 saturated carbocycles. The molecule has 1 aliphatic rings. The molecule has 7 nitrogen and oxygen atoms in total. The fraction of sp³-hybridized carbons (Fsp3) is 0.208. The number of carbonyl (C=O) groups excluding carboxylic acids is 2. The van der Waals surface area contributed by atoms with E-state index in [1.807, 2.05) is 25.1 Å². The first-order valence-electron chi connectivity index (χ1n) is 10.0. The number of aliphatic hydroxyl groups excluding tert-OH is 1. The lowest BCUT2D eigenvalue weighted by Crippen LogP contribution is -2.29. The Balaban J connectivity index is 1.82. The zero-order valence-corrected chi connectivity index (χ0v) is 17.2. The molecule has 1 amide bonds. The number of hydrogen-bond acceptors (Lipinski definition) is 6. The molecule has 0 aliphatic carbocycles. The molecule has 1 N–H and O–H groups in total. The van der Waals surface area contributed by atoms with Crippen molar-refractivity contribution >= 4 is 23.3 Å². The molecule has 2 heterocycles. The predicted octanol–water partition coefficient (Wildman–Crippen LogP) is 4.40. The number of benzene rings is 2. The maximum atomic E-state index is 13.0. The zero-order chi connectivity index (χ0) is 22.0. The normalized spacial score (nSPS) is 17.9. The van der Waals surface area contributed by atoms with Gasteiger partial charge in [-0.2, -0.15) is 0 Å². The van der Waals surface area contributed by atoms with E-state index in [0.29, 0.717) is 29.2 Å². The van der Waals surface area contributed by atoms with Crippen molar-refractivity contribution in [2.75, 3.05) is 11.5 Å². The van der Waals surface area contributed by atoms with Gasteiger partial charge in [-0.25, -0.2) is 0 Å². The highest BCUT2D eigenvalue weighted by molar-refractivity contribution is 6.51. The summed E-state index contributed by atoms with van der Waals surface area (Å²) in [6.45, 7) is 4.30. The largest absolute Gasteiger partial charge is 0.507 e. The highest BCUT2D eigenvalue weighted by atomic mass is 16.5. The third-order valence-corrected chi connectivity index (χ3v) is 5.02. The number of ketones is 1. The van der Waals surface area contributed by atoms with Gasteiger partial charge in [0, 0.05) is 11.6 Å². The van der Waals surface area contributed by atoms with E-state index in [0.717, 1.165) is 6.42 Å². The van der Waals surface area contributed by atoms with E-state index in [-0.39, 0.29) is 17.2 Å². The Hall–Kier alpha value is -3.87. The van der Waals surface area contributed by atoms with Gasteiger partial charge in [0.05, 0.1) is 18.2 Å². The van der Waals surface area contributed by atoms with Crippen LogP contribution in [0.4, 0.5) is 5.82 Å². The number of carbonyl (C=O) groups is 2. The Morgan fingerprint density at radius 3 is 2.45 bits per heavy atom. The maximum Gasteiger partial charge on any atom is 0.301 e. The van der Waals surface area contributed by atoms with E-state index in [2.05, 4.69) is 5.16 Å². The number of amides is 1. The molecule has 1 aliphatic heterocycles. The number of nitrogens with zero attached hydrogens (tertiary/aromatic N) is 2. The second-order valence-electron chi connectivity index (χ2n) is 7.25. The summed E-state index contributed by atoms with van der Waals surface area (Å²) in [5.41, 5.74) is 1.09. The van der Waals surface area contributed by atoms with Crippen molar-refractivity contribution in [2.45, 2.75) is 26.3 Å². The molecule has 0 radical (unpaired) electrons. The molecule has 1 fully saturated rings. The molecule has 1 atom stereocenters. The van der Waals surface area contributed by atoms with Gasteiger partial charge in [-0.3, -0.25) is 14.5 Å². The van der Waals surface area contributed by atoms with Gasteiger partial charge < -0.3 is 14.4 Å². The smallest absolute Gasteiger partial charge is 0.301 e. The fourth-order valence-electron chi connectivity index (χ4n) is 3.57. The minimum atomic E-state index is -0.832. The van der Waals surface area contributed by atoms with Crippen molar-refractivity contribution in [3.8, 4) is 5.75 Å². The van der Waals surface area contributed by atoms with Crippen LogP contribution in [0, 0.1) is 6.92 Å². The molecular formula is C24H22N2O5. The van der Waals surface area contributed by atoms with E-state index >= 15 is 0 Å². The van der Waals surface area contributed by atoms with Crippen LogP contribution in [-0.4, -0.2) is 28.6 Å². The van der Waals surface area contributed by atoms with E-state index in [4.69, 9.17) is 9.26 Å². The molecule has 0 bridgehead atoms. The number of ether oxygens (including phenoxy) is 1. The number of rotatable bonds is 6. The lowest BCUT2D eigenvalue weighted by atomic mass is 9.95. The van der Waals surface area contributed by atoms with Crippen molar-refractivity contribution in [3.05, 3.63) is 83.1 Å². The van der Waals surface area contributed by atoms with Crippen LogP contribution in [0.2, 0.25) is 0 Å². The van der Waals surface area contributed by atoms with E-state index in [1.54, 1.807) is 49.4 Å².